The van der Waals surface area contributed by atoms with Crippen molar-refractivity contribution in [2.75, 3.05) is 0 Å². The van der Waals surface area contributed by atoms with Gasteiger partial charge < -0.3 is 0 Å². The summed E-state index contributed by atoms with van der Waals surface area (Å²) in [6, 6.07) is 79.1. The van der Waals surface area contributed by atoms with E-state index in [0.717, 1.165) is 0 Å². The van der Waals surface area contributed by atoms with Gasteiger partial charge in [0.2, 0.25) is 0 Å². The average Bonchev–Trinajstić information content (AvgIpc) is 4.00. The summed E-state index contributed by atoms with van der Waals surface area (Å²) in [6.07, 6.45) is 0. The van der Waals surface area contributed by atoms with Crippen molar-refractivity contribution in [1.82, 2.24) is 0 Å². The molecule has 0 N–H and O–H groups in total. The van der Waals surface area contributed by atoms with Crippen molar-refractivity contribution in [3.63, 3.8) is 0 Å². The van der Waals surface area contributed by atoms with Crippen molar-refractivity contribution in [1.29, 1.82) is 0 Å². The molecule has 0 aliphatic heterocycles. The second-order valence-corrected chi connectivity index (χ2v) is 10.5. The van der Waals surface area contributed by atoms with Crippen LogP contribution >= 0.6 is 0 Å². The van der Waals surface area contributed by atoms with Crippen LogP contribution in [0, 0.1) is 0 Å². The van der Waals surface area contributed by atoms with E-state index in [1.54, 1.807) is 0 Å². The molecule has 0 bridgehead atoms. The molecule has 0 aliphatic carbocycles. The Balaban J connectivity index is 0.000000424. The van der Waals surface area contributed by atoms with Crippen molar-refractivity contribution < 1.29 is 68.3 Å². The first-order chi connectivity index (χ1) is 22.9. The minimum absolute atomic E-state index is 0. The Labute approximate surface area is 340 Å². The van der Waals surface area contributed by atoms with Gasteiger partial charge in [0.05, 0.1) is 0 Å². The molecule has 0 spiro atoms. The smallest absolute Gasteiger partial charge is 0.214 e. The van der Waals surface area contributed by atoms with Crippen LogP contribution in [-0.2, 0) is 68.3 Å². The third kappa shape index (κ3) is 13.8. The van der Waals surface area contributed by atoms with Gasteiger partial charge in [-0.1, -0.05) is 0 Å². The predicted octanol–water partition coefficient (Wildman–Crippen LogP) is 12.8. The van der Waals surface area contributed by atoms with Crippen molar-refractivity contribution >= 4 is 0 Å². The summed E-state index contributed by atoms with van der Waals surface area (Å²) in [5, 5.41) is 0. The summed E-state index contributed by atoms with van der Waals surface area (Å²) in [4.78, 5) is 0. The molecule has 0 fully saturated rings. The molecule has 50 heavy (non-hydrogen) atoms. The Morgan fingerprint density at radius 2 is 0.460 bits per heavy atom. The summed E-state index contributed by atoms with van der Waals surface area (Å²) >= 11 is 0. The first-order valence-corrected chi connectivity index (χ1v) is 15.6. The average molecular weight is 814 g/mol. The maximum absolute atomic E-state index is 2.27. The van der Waals surface area contributed by atoms with Crippen molar-refractivity contribution in [2.45, 2.75) is 0 Å². The van der Waals surface area contributed by atoms with Crippen LogP contribution in [0.25, 0.3) is 44.5 Å². The van der Waals surface area contributed by atoms with Crippen LogP contribution in [0.1, 0.15) is 0 Å². The summed E-state index contributed by atoms with van der Waals surface area (Å²) in [5.41, 5.74) is 10.3. The van der Waals surface area contributed by atoms with Crippen LogP contribution in [0.2, 0.25) is 0 Å². The van der Waals surface area contributed by atoms with Gasteiger partial charge in [0.25, 0.3) is 0 Å². The van der Waals surface area contributed by atoms with Gasteiger partial charge in [-0.25, -0.2) is 48.5 Å². The number of hydrogen-bond donors (Lipinski definition) is 0. The van der Waals surface area contributed by atoms with E-state index < -0.39 is 0 Å². The van der Waals surface area contributed by atoms with Gasteiger partial charge in [-0.15, -0.1) is 70.8 Å². The summed E-state index contributed by atoms with van der Waals surface area (Å²) < 4.78 is 0. The molecule has 0 aromatic heterocycles. The monoisotopic (exact) mass is 814 g/mol. The van der Waals surface area contributed by atoms with Crippen molar-refractivity contribution in [3.8, 4) is 44.5 Å². The Bertz CT molecular complexity index is 1610. The molecule has 0 saturated heterocycles. The molecular weight excluding hydrogens is 776 g/mol. The predicted molar refractivity (Wildman–Crippen MR) is 199 cm³/mol. The summed E-state index contributed by atoms with van der Waals surface area (Å²) in [5.74, 6) is 0. The molecule has 0 radical (unpaired) electrons. The van der Waals surface area contributed by atoms with Gasteiger partial charge in [-0.3, -0.25) is 0 Å². The van der Waals surface area contributed by atoms with Crippen LogP contribution in [0.15, 0.2) is 231 Å². The van der Waals surface area contributed by atoms with E-state index in [9.17, 15) is 0 Å². The zero-order valence-corrected chi connectivity index (χ0v) is 31.8. The van der Waals surface area contributed by atoms with Gasteiger partial charge >= 0.3 is 68.3 Å². The van der Waals surface area contributed by atoms with Crippen LogP contribution in [0.3, 0.4) is 0 Å². The van der Waals surface area contributed by atoms with Gasteiger partial charge in [0.15, 0.2) is 0 Å². The SMILES string of the molecule is [Fe+2].[Fe+2].[Fe+2].[Fe+2].c1cc[c-](-c2ccc(-[c-]3cccc3)c(-[c-]3cccc3)c2-[c-]2cccc2)c1.c1cc[cH-]c1.c1cc[cH-]c1.c1cc[cH-]c1.c1cc[cH-]c1. The Morgan fingerprint density at radius 3 is 0.640 bits per heavy atom. The van der Waals surface area contributed by atoms with Gasteiger partial charge in [-0.2, -0.15) is 156 Å². The van der Waals surface area contributed by atoms with E-state index in [4.69, 9.17) is 0 Å². The Kier molecular flexibility index (Phi) is 22.9. The zero-order valence-electron chi connectivity index (χ0n) is 27.4. The van der Waals surface area contributed by atoms with Crippen molar-refractivity contribution in [3.05, 3.63) is 231 Å². The number of hydrogen-bond acceptors (Lipinski definition) is 0. The topological polar surface area (TPSA) is 0 Å². The molecule has 9 aromatic rings. The molecule has 0 heterocycles. The fourth-order valence-corrected chi connectivity index (χ4v) is 5.15. The summed E-state index contributed by atoms with van der Waals surface area (Å²) in [6.45, 7) is 0. The number of benzene rings is 1. The molecule has 9 aromatic carbocycles. The molecule has 0 aliphatic rings. The van der Waals surface area contributed by atoms with Crippen LogP contribution in [0.5, 0.6) is 0 Å². The fourth-order valence-electron chi connectivity index (χ4n) is 5.15. The van der Waals surface area contributed by atoms with Gasteiger partial charge in [0, 0.05) is 0 Å². The first kappa shape index (κ1) is 44.1. The van der Waals surface area contributed by atoms with Gasteiger partial charge in [0.1, 0.15) is 0 Å². The van der Waals surface area contributed by atoms with Gasteiger partial charge in [-0.05, 0) is 0 Å². The number of rotatable bonds is 4. The summed E-state index contributed by atoms with van der Waals surface area (Å²) in [7, 11) is 0. The molecule has 0 atom stereocenters. The van der Waals surface area contributed by atoms with E-state index in [1.807, 2.05) is 121 Å². The van der Waals surface area contributed by atoms with E-state index in [-0.39, 0.29) is 68.3 Å². The Morgan fingerprint density at radius 1 is 0.260 bits per heavy atom. The zero-order chi connectivity index (χ0) is 31.5. The molecule has 0 unspecified atom stereocenters. The molecule has 254 valence electrons. The van der Waals surface area contributed by atoms with E-state index in [1.165, 1.54) is 44.5 Å². The second kappa shape index (κ2) is 26.0. The molecule has 0 amide bonds. The van der Waals surface area contributed by atoms with E-state index in [0.29, 0.717) is 0 Å². The third-order valence-corrected chi connectivity index (χ3v) is 7.28. The fraction of sp³-hybridized carbons (Fsp3) is 0. The van der Waals surface area contributed by atoms with Crippen LogP contribution < -0.4 is 0 Å². The maximum atomic E-state index is 2.27. The molecule has 4 heteroatoms. The van der Waals surface area contributed by atoms with Crippen LogP contribution in [-0.4, -0.2) is 0 Å². The minimum Gasteiger partial charge on any atom is -0.214 e. The minimum atomic E-state index is 0. The molecule has 0 nitrogen and oxygen atoms in total. The normalized spacial score (nSPS) is 8.96. The second-order valence-electron chi connectivity index (χ2n) is 10.5. The maximum Gasteiger partial charge on any atom is 2.00 e. The third-order valence-electron chi connectivity index (χ3n) is 7.28. The molecular formula is C46H38Fe4. The Hall–Kier alpha value is -3.90. The van der Waals surface area contributed by atoms with E-state index in [2.05, 4.69) is 109 Å². The molecule has 9 rings (SSSR count). The molecule has 0 saturated carbocycles. The largest absolute Gasteiger partial charge is 2.00 e. The van der Waals surface area contributed by atoms with Crippen molar-refractivity contribution in [2.24, 2.45) is 0 Å². The van der Waals surface area contributed by atoms with E-state index >= 15 is 0 Å². The quantitative estimate of drug-likeness (QED) is 0.123. The van der Waals surface area contributed by atoms with Crippen LogP contribution in [0.4, 0.5) is 0 Å². The first-order valence-electron chi connectivity index (χ1n) is 15.6. The standard InChI is InChI=1S/C26H18.4C5H5.4Fe/c1-2-10-19(9-1)23-17-18-24(20-11-3-4-12-20)26(22-15-7-8-16-22)25(23)21-13-5-6-14-21;4*1-2-4-5-3-1;;;;/h1-18H;4*1-5H;;;;/q-4;4*-1;4*+2.